The maximum Gasteiger partial charge on any atom is 0.312 e. The highest BCUT2D eigenvalue weighted by Crippen LogP contribution is 2.37. The molecule has 2 heterocycles. The van der Waals surface area contributed by atoms with Gasteiger partial charge in [0.25, 0.3) is 5.56 Å². The van der Waals surface area contributed by atoms with Crippen LogP contribution in [0.5, 0.6) is 5.75 Å². The van der Waals surface area contributed by atoms with Gasteiger partial charge in [0.15, 0.2) is 17.5 Å². The number of nitrogens with one attached hydrogen (secondary N) is 1. The minimum Gasteiger partial charge on any atom is -0.426 e. The van der Waals surface area contributed by atoms with Crippen molar-refractivity contribution in [3.63, 3.8) is 0 Å². The Balaban J connectivity index is 2.22. The third kappa shape index (κ3) is 2.28. The fourth-order valence-corrected chi connectivity index (χ4v) is 2.58. The number of carbonyl (C=O) groups is 1. The molecule has 0 unspecified atom stereocenters. The van der Waals surface area contributed by atoms with Crippen molar-refractivity contribution in [2.45, 2.75) is 19.3 Å². The van der Waals surface area contributed by atoms with Crippen LogP contribution in [0.15, 0.2) is 23.0 Å². The Morgan fingerprint density at radius 2 is 1.77 bits per heavy atom. The summed E-state index contributed by atoms with van der Waals surface area (Å²) in [6.07, 6.45) is -0.260. The van der Waals surface area contributed by atoms with E-state index < -0.39 is 34.9 Å². The molecule has 1 aliphatic heterocycles. The van der Waals surface area contributed by atoms with Crippen molar-refractivity contribution in [2.75, 3.05) is 0 Å². The molecule has 0 bridgehead atoms. The fraction of sp³-hybridized carbons (Fsp3) is 0.200. The number of hydrogen-bond donors (Lipinski definition) is 1. The van der Waals surface area contributed by atoms with E-state index in [4.69, 9.17) is 4.74 Å². The summed E-state index contributed by atoms with van der Waals surface area (Å²) in [6.45, 7) is 1.61. The summed E-state index contributed by atoms with van der Waals surface area (Å²) in [5.74, 6) is -5.83. The number of esters is 1. The van der Waals surface area contributed by atoms with Gasteiger partial charge in [0.2, 0.25) is 0 Å². The van der Waals surface area contributed by atoms with Gasteiger partial charge in [0.1, 0.15) is 5.75 Å². The van der Waals surface area contributed by atoms with Gasteiger partial charge >= 0.3 is 5.97 Å². The van der Waals surface area contributed by atoms with Crippen molar-refractivity contribution in [3.05, 3.63) is 62.8 Å². The highest BCUT2D eigenvalue weighted by Gasteiger charge is 2.32. The topological polar surface area (TPSA) is 59.2 Å². The summed E-state index contributed by atoms with van der Waals surface area (Å²) < 4.78 is 44.9. The minimum atomic E-state index is -1.60. The standard InChI is InChI=1S/C15H10F3NO3/c1-6-2-11-13(15(21)19-6)8(5-12(20)22-11)7-3-9(16)14(18)10(17)4-7/h2-4,8H,5H2,1H3,(H,19,21)/t8-/m0/s1. The molecule has 0 saturated heterocycles. The lowest BCUT2D eigenvalue weighted by atomic mass is 9.87. The van der Waals surface area contributed by atoms with Gasteiger partial charge < -0.3 is 9.72 Å². The Morgan fingerprint density at radius 1 is 1.14 bits per heavy atom. The molecule has 0 aliphatic carbocycles. The monoisotopic (exact) mass is 309 g/mol. The Kier molecular flexibility index (Phi) is 3.27. The Labute approximate surface area is 122 Å². The van der Waals surface area contributed by atoms with Crippen LogP contribution in [0.3, 0.4) is 0 Å². The Bertz CT molecular complexity index is 821. The molecule has 7 heteroatoms. The Hall–Kier alpha value is -2.57. The molecular weight excluding hydrogens is 299 g/mol. The number of hydrogen-bond acceptors (Lipinski definition) is 3. The molecule has 0 radical (unpaired) electrons. The number of aromatic amines is 1. The third-order valence-corrected chi connectivity index (χ3v) is 3.52. The van der Waals surface area contributed by atoms with Crippen molar-refractivity contribution in [1.29, 1.82) is 0 Å². The summed E-state index contributed by atoms with van der Waals surface area (Å²) in [5.41, 5.74) is 0.0607. The van der Waals surface area contributed by atoms with E-state index in [1.54, 1.807) is 6.92 Å². The zero-order valence-electron chi connectivity index (χ0n) is 11.4. The molecule has 1 aromatic heterocycles. The number of benzene rings is 1. The predicted octanol–water partition coefficient (Wildman–Crippen LogP) is 2.54. The summed E-state index contributed by atoms with van der Waals surface area (Å²) >= 11 is 0. The number of aryl methyl sites for hydroxylation is 1. The second kappa shape index (κ2) is 5.01. The van der Waals surface area contributed by atoms with Gasteiger partial charge in [-0.05, 0) is 24.6 Å². The van der Waals surface area contributed by atoms with Gasteiger partial charge in [-0.15, -0.1) is 0 Å². The normalized spacial score (nSPS) is 17.1. The molecule has 4 nitrogen and oxygen atoms in total. The van der Waals surface area contributed by atoms with Gasteiger partial charge in [0.05, 0.1) is 12.0 Å². The molecule has 114 valence electrons. The SMILES string of the molecule is Cc1cc2c(c(=O)[nH]1)[C@H](c1cc(F)c(F)c(F)c1)CC(=O)O2. The van der Waals surface area contributed by atoms with Crippen molar-refractivity contribution < 1.29 is 22.7 Å². The molecule has 1 aromatic carbocycles. The predicted molar refractivity (Wildman–Crippen MR) is 70.2 cm³/mol. The zero-order chi connectivity index (χ0) is 16.0. The van der Waals surface area contributed by atoms with Crippen LogP contribution in [0, 0.1) is 24.4 Å². The minimum absolute atomic E-state index is 0.00338. The van der Waals surface area contributed by atoms with Crippen molar-refractivity contribution in [3.8, 4) is 5.75 Å². The van der Waals surface area contributed by atoms with E-state index >= 15 is 0 Å². The first-order valence-electron chi connectivity index (χ1n) is 6.45. The van der Waals surface area contributed by atoms with E-state index in [0.717, 1.165) is 12.1 Å². The smallest absolute Gasteiger partial charge is 0.312 e. The lowest BCUT2D eigenvalue weighted by molar-refractivity contribution is -0.135. The van der Waals surface area contributed by atoms with Gasteiger partial charge in [-0.1, -0.05) is 0 Å². The number of aromatic nitrogens is 1. The van der Waals surface area contributed by atoms with Crippen molar-refractivity contribution in [2.24, 2.45) is 0 Å². The van der Waals surface area contributed by atoms with Crippen LogP contribution in [-0.2, 0) is 4.79 Å². The average molecular weight is 309 g/mol. The maximum absolute atomic E-state index is 13.4. The van der Waals surface area contributed by atoms with Crippen molar-refractivity contribution in [1.82, 2.24) is 4.98 Å². The van der Waals surface area contributed by atoms with Crippen molar-refractivity contribution >= 4 is 5.97 Å². The van der Waals surface area contributed by atoms with Gasteiger partial charge in [-0.2, -0.15) is 0 Å². The largest absolute Gasteiger partial charge is 0.426 e. The quantitative estimate of drug-likeness (QED) is 0.650. The van der Waals surface area contributed by atoms with E-state index in [0.29, 0.717) is 5.69 Å². The number of halogens is 3. The van der Waals surface area contributed by atoms with Crippen LogP contribution in [0.4, 0.5) is 13.2 Å². The van der Waals surface area contributed by atoms with Crippen LogP contribution in [-0.4, -0.2) is 11.0 Å². The average Bonchev–Trinajstić information content (AvgIpc) is 2.42. The first-order valence-corrected chi connectivity index (χ1v) is 6.45. The second-order valence-corrected chi connectivity index (χ2v) is 5.09. The van der Waals surface area contributed by atoms with Gasteiger partial charge in [-0.25, -0.2) is 13.2 Å². The number of H-pyrrole nitrogens is 1. The molecule has 0 fully saturated rings. The molecule has 0 spiro atoms. The van der Waals surface area contributed by atoms with E-state index in [-0.39, 0.29) is 23.3 Å². The highest BCUT2D eigenvalue weighted by atomic mass is 19.2. The van der Waals surface area contributed by atoms with Gasteiger partial charge in [0, 0.05) is 17.7 Å². The Morgan fingerprint density at radius 3 is 2.41 bits per heavy atom. The van der Waals surface area contributed by atoms with Crippen LogP contribution in [0.25, 0.3) is 0 Å². The highest BCUT2D eigenvalue weighted by molar-refractivity contribution is 5.77. The molecule has 22 heavy (non-hydrogen) atoms. The summed E-state index contributed by atoms with van der Waals surface area (Å²) in [5, 5.41) is 0. The van der Waals surface area contributed by atoms with E-state index in [1.807, 2.05) is 0 Å². The van der Waals surface area contributed by atoms with Crippen LogP contribution in [0.2, 0.25) is 0 Å². The summed E-state index contributed by atoms with van der Waals surface area (Å²) in [7, 11) is 0. The lowest BCUT2D eigenvalue weighted by Crippen LogP contribution is -2.28. The molecular formula is C15H10F3NO3. The van der Waals surface area contributed by atoms with Crippen LogP contribution >= 0.6 is 0 Å². The molecule has 0 saturated carbocycles. The van der Waals surface area contributed by atoms with Crippen LogP contribution < -0.4 is 10.3 Å². The van der Waals surface area contributed by atoms with E-state index in [1.165, 1.54) is 6.07 Å². The first kappa shape index (κ1) is 14.4. The van der Waals surface area contributed by atoms with E-state index in [9.17, 15) is 22.8 Å². The first-order chi connectivity index (χ1) is 10.4. The summed E-state index contributed by atoms with van der Waals surface area (Å²) in [6, 6.07) is 3.02. The zero-order valence-corrected chi connectivity index (χ0v) is 11.4. The number of carbonyl (C=O) groups excluding carboxylic acids is 1. The number of rotatable bonds is 1. The third-order valence-electron chi connectivity index (χ3n) is 3.52. The molecule has 1 N–H and O–H groups in total. The molecule has 1 aliphatic rings. The molecule has 0 amide bonds. The molecule has 2 aromatic rings. The lowest BCUT2D eigenvalue weighted by Gasteiger charge is -2.24. The maximum atomic E-state index is 13.4. The summed E-state index contributed by atoms with van der Waals surface area (Å²) in [4.78, 5) is 26.3. The molecule has 1 atom stereocenters. The fourth-order valence-electron chi connectivity index (χ4n) is 2.58. The van der Waals surface area contributed by atoms with Crippen LogP contribution in [0.1, 0.15) is 29.2 Å². The number of ether oxygens (including phenoxy) is 1. The number of pyridine rings is 1. The molecule has 3 rings (SSSR count). The second-order valence-electron chi connectivity index (χ2n) is 5.09. The van der Waals surface area contributed by atoms with E-state index in [2.05, 4.69) is 4.98 Å². The number of fused-ring (bicyclic) bond motifs is 1. The van der Waals surface area contributed by atoms with Gasteiger partial charge in [-0.3, -0.25) is 9.59 Å².